The lowest BCUT2D eigenvalue weighted by Gasteiger charge is -2.38. The molecule has 1 aromatic carbocycles. The molecule has 0 amide bonds. The van der Waals surface area contributed by atoms with Crippen LogP contribution in [0.3, 0.4) is 0 Å². The van der Waals surface area contributed by atoms with Crippen LogP contribution < -0.4 is 10.2 Å². The van der Waals surface area contributed by atoms with E-state index in [0.717, 1.165) is 30.8 Å². The molecule has 1 aliphatic rings. The van der Waals surface area contributed by atoms with Crippen LogP contribution in [-0.4, -0.2) is 19.6 Å². The van der Waals surface area contributed by atoms with Gasteiger partial charge in [0.1, 0.15) is 5.82 Å². The molecule has 1 heterocycles. The second-order valence-electron chi connectivity index (χ2n) is 5.45. The number of hydrogen-bond donors (Lipinski definition) is 1. The number of nitrogens with one attached hydrogen (secondary N) is 1. The van der Waals surface area contributed by atoms with Crippen LogP contribution in [0.15, 0.2) is 18.2 Å². The Bertz CT molecular complexity index is 404. The summed E-state index contributed by atoms with van der Waals surface area (Å²) in [5.74, 6) is -0.0734. The highest BCUT2D eigenvalue weighted by Crippen LogP contribution is 2.29. The fourth-order valence-electron chi connectivity index (χ4n) is 3.05. The number of benzene rings is 1. The molecule has 1 fully saturated rings. The van der Waals surface area contributed by atoms with Gasteiger partial charge in [-0.25, -0.2) is 4.39 Å². The van der Waals surface area contributed by atoms with Gasteiger partial charge in [0.25, 0.3) is 0 Å². The van der Waals surface area contributed by atoms with Crippen LogP contribution in [0.1, 0.15) is 44.6 Å². The van der Waals surface area contributed by atoms with Crippen LogP contribution >= 0.6 is 0 Å². The summed E-state index contributed by atoms with van der Waals surface area (Å²) >= 11 is 0. The maximum Gasteiger partial charge on any atom is 0.146 e. The van der Waals surface area contributed by atoms with Crippen molar-refractivity contribution in [2.24, 2.45) is 0 Å². The predicted molar refractivity (Wildman–Crippen MR) is 79.1 cm³/mol. The Kier molecular flexibility index (Phi) is 5.20. The molecule has 3 heteroatoms. The van der Waals surface area contributed by atoms with E-state index in [4.69, 9.17) is 0 Å². The van der Waals surface area contributed by atoms with Crippen LogP contribution in [0.25, 0.3) is 0 Å². The summed E-state index contributed by atoms with van der Waals surface area (Å²) in [5, 5.41) is 3.06. The van der Waals surface area contributed by atoms with Crippen molar-refractivity contribution in [2.45, 2.75) is 51.6 Å². The maximum absolute atomic E-state index is 14.3. The van der Waals surface area contributed by atoms with Gasteiger partial charge in [-0.3, -0.25) is 0 Å². The Labute approximate surface area is 116 Å². The minimum atomic E-state index is -0.0734. The molecular weight excluding hydrogens is 239 g/mol. The van der Waals surface area contributed by atoms with E-state index in [9.17, 15) is 4.39 Å². The smallest absolute Gasteiger partial charge is 0.146 e. The average molecular weight is 264 g/mol. The van der Waals surface area contributed by atoms with E-state index in [1.54, 1.807) is 6.07 Å². The highest BCUT2D eigenvalue weighted by Gasteiger charge is 2.23. The number of anilines is 1. The Morgan fingerprint density at radius 3 is 2.89 bits per heavy atom. The first-order valence-electron chi connectivity index (χ1n) is 7.46. The largest absolute Gasteiger partial charge is 0.366 e. The zero-order valence-corrected chi connectivity index (χ0v) is 12.1. The van der Waals surface area contributed by atoms with E-state index < -0.39 is 0 Å². The standard InChI is InChI=1S/C16H25FN2/c1-3-6-14-7-4-5-10-19(14)16-9-8-13(12-18-2)11-15(16)17/h8-9,11,14,18H,3-7,10,12H2,1-2H3. The van der Waals surface area contributed by atoms with Crippen LogP contribution in [0.2, 0.25) is 0 Å². The Morgan fingerprint density at radius 1 is 1.37 bits per heavy atom. The first kappa shape index (κ1) is 14.3. The van der Waals surface area contributed by atoms with Crippen molar-refractivity contribution in [2.75, 3.05) is 18.5 Å². The van der Waals surface area contributed by atoms with Crippen molar-refractivity contribution < 1.29 is 4.39 Å². The van der Waals surface area contributed by atoms with Crippen LogP contribution in [0.4, 0.5) is 10.1 Å². The number of rotatable bonds is 5. The number of nitrogens with zero attached hydrogens (tertiary/aromatic N) is 1. The zero-order chi connectivity index (χ0) is 13.7. The molecule has 0 spiro atoms. The molecule has 19 heavy (non-hydrogen) atoms. The second-order valence-corrected chi connectivity index (χ2v) is 5.45. The molecule has 0 aliphatic carbocycles. The van der Waals surface area contributed by atoms with Crippen molar-refractivity contribution in [3.05, 3.63) is 29.6 Å². The van der Waals surface area contributed by atoms with E-state index in [2.05, 4.69) is 17.1 Å². The number of hydrogen-bond acceptors (Lipinski definition) is 2. The average Bonchev–Trinajstić information content (AvgIpc) is 2.41. The third-order valence-electron chi connectivity index (χ3n) is 3.95. The number of piperidine rings is 1. The molecule has 1 atom stereocenters. The summed E-state index contributed by atoms with van der Waals surface area (Å²) in [6, 6.07) is 6.18. The lowest BCUT2D eigenvalue weighted by Crippen LogP contribution is -2.40. The molecule has 0 bridgehead atoms. The monoisotopic (exact) mass is 264 g/mol. The molecule has 1 aromatic rings. The molecule has 2 nitrogen and oxygen atoms in total. The van der Waals surface area contributed by atoms with Gasteiger partial charge in [-0.1, -0.05) is 19.4 Å². The highest BCUT2D eigenvalue weighted by atomic mass is 19.1. The van der Waals surface area contributed by atoms with Gasteiger partial charge in [0.15, 0.2) is 0 Å². The van der Waals surface area contributed by atoms with E-state index in [1.807, 2.05) is 19.2 Å². The fraction of sp³-hybridized carbons (Fsp3) is 0.625. The van der Waals surface area contributed by atoms with Gasteiger partial charge in [0.05, 0.1) is 5.69 Å². The molecule has 1 N–H and O–H groups in total. The van der Waals surface area contributed by atoms with Gasteiger partial charge >= 0.3 is 0 Å². The minimum absolute atomic E-state index is 0.0734. The van der Waals surface area contributed by atoms with Gasteiger partial charge in [-0.05, 0) is 50.4 Å². The first-order chi connectivity index (χ1) is 9.26. The lowest BCUT2D eigenvalue weighted by atomic mass is 9.97. The summed E-state index contributed by atoms with van der Waals surface area (Å²) in [7, 11) is 1.88. The summed E-state index contributed by atoms with van der Waals surface area (Å²) in [4.78, 5) is 2.28. The normalized spacial score (nSPS) is 19.7. The summed E-state index contributed by atoms with van der Waals surface area (Å²) < 4.78 is 14.3. The minimum Gasteiger partial charge on any atom is -0.366 e. The van der Waals surface area contributed by atoms with Gasteiger partial charge in [0, 0.05) is 19.1 Å². The topological polar surface area (TPSA) is 15.3 Å². The van der Waals surface area contributed by atoms with E-state index in [-0.39, 0.29) is 5.82 Å². The molecule has 1 saturated heterocycles. The van der Waals surface area contributed by atoms with E-state index in [0.29, 0.717) is 6.04 Å². The summed E-state index contributed by atoms with van der Waals surface area (Å²) in [6.07, 6.45) is 5.99. The van der Waals surface area contributed by atoms with Crippen molar-refractivity contribution >= 4 is 5.69 Å². The van der Waals surface area contributed by atoms with Gasteiger partial charge < -0.3 is 10.2 Å². The lowest BCUT2D eigenvalue weighted by molar-refractivity contribution is 0.429. The molecule has 2 rings (SSSR count). The second kappa shape index (κ2) is 6.90. The van der Waals surface area contributed by atoms with Gasteiger partial charge in [0.2, 0.25) is 0 Å². The van der Waals surface area contributed by atoms with Crippen molar-refractivity contribution in [1.82, 2.24) is 5.32 Å². The third kappa shape index (κ3) is 3.47. The molecule has 0 aromatic heterocycles. The molecule has 0 radical (unpaired) electrons. The summed E-state index contributed by atoms with van der Waals surface area (Å²) in [6.45, 7) is 3.92. The maximum atomic E-state index is 14.3. The molecule has 1 unspecified atom stereocenters. The van der Waals surface area contributed by atoms with Crippen molar-refractivity contribution in [1.29, 1.82) is 0 Å². The number of halogens is 1. The quantitative estimate of drug-likeness (QED) is 0.872. The van der Waals surface area contributed by atoms with E-state index >= 15 is 0 Å². The Morgan fingerprint density at radius 2 is 2.21 bits per heavy atom. The summed E-state index contributed by atoms with van der Waals surface area (Å²) in [5.41, 5.74) is 1.80. The van der Waals surface area contributed by atoms with Crippen molar-refractivity contribution in [3.8, 4) is 0 Å². The molecule has 106 valence electrons. The first-order valence-corrected chi connectivity index (χ1v) is 7.46. The SMILES string of the molecule is CCCC1CCCCN1c1ccc(CNC)cc1F. The molecular formula is C16H25FN2. The Balaban J connectivity index is 2.18. The fourth-order valence-corrected chi connectivity index (χ4v) is 3.05. The van der Waals surface area contributed by atoms with Crippen LogP contribution in [-0.2, 0) is 6.54 Å². The van der Waals surface area contributed by atoms with Gasteiger partial charge in [-0.2, -0.15) is 0 Å². The predicted octanol–water partition coefficient (Wildman–Crippen LogP) is 3.70. The zero-order valence-electron chi connectivity index (χ0n) is 12.1. The molecule has 1 aliphatic heterocycles. The van der Waals surface area contributed by atoms with Gasteiger partial charge in [-0.15, -0.1) is 0 Å². The molecule has 0 saturated carbocycles. The third-order valence-corrected chi connectivity index (χ3v) is 3.95. The van der Waals surface area contributed by atoms with Crippen LogP contribution in [0.5, 0.6) is 0 Å². The highest BCUT2D eigenvalue weighted by molar-refractivity contribution is 5.50. The Hall–Kier alpha value is -1.09. The van der Waals surface area contributed by atoms with Crippen LogP contribution in [0, 0.1) is 5.82 Å². The van der Waals surface area contributed by atoms with E-state index in [1.165, 1.54) is 25.7 Å². The van der Waals surface area contributed by atoms with Crippen molar-refractivity contribution in [3.63, 3.8) is 0 Å².